The van der Waals surface area contributed by atoms with Crippen LogP contribution >= 0.6 is 0 Å². The van der Waals surface area contributed by atoms with Crippen LogP contribution in [0.25, 0.3) is 0 Å². The van der Waals surface area contributed by atoms with Crippen molar-refractivity contribution in [3.63, 3.8) is 0 Å². The average molecular weight is 196 g/mol. The summed E-state index contributed by atoms with van der Waals surface area (Å²) in [6.07, 6.45) is 2.97. The molecule has 1 aromatic rings. The Morgan fingerprint density at radius 2 is 1.29 bits per heavy atom. The molecule has 2 rings (SSSR count). The second-order valence-electron chi connectivity index (χ2n) is 3.34. The number of aryl methyl sites for hydroxylation is 1. The highest BCUT2D eigenvalue weighted by Gasteiger charge is 2.12. The van der Waals surface area contributed by atoms with Crippen molar-refractivity contribution in [3.05, 3.63) is 35.9 Å². The molecule has 0 saturated heterocycles. The summed E-state index contributed by atoms with van der Waals surface area (Å²) in [6.45, 7) is 4.36. The highest BCUT2D eigenvalue weighted by molar-refractivity contribution is 5.11. The highest BCUT2D eigenvalue weighted by atomic mass is 14.2. The van der Waals surface area contributed by atoms with Gasteiger partial charge in [0.25, 0.3) is 0 Å². The Balaban J connectivity index is -0.000000154. The van der Waals surface area contributed by atoms with Crippen molar-refractivity contribution in [3.8, 4) is 0 Å². The van der Waals surface area contributed by atoms with E-state index in [9.17, 15) is 0 Å². The molecule has 1 aliphatic carbocycles. The maximum atomic E-state index is 2.28. The third-order valence-electron chi connectivity index (χ3n) is 1.81. The van der Waals surface area contributed by atoms with E-state index in [1.165, 1.54) is 18.4 Å². The monoisotopic (exact) mass is 196 g/mol. The zero-order valence-corrected chi connectivity index (χ0v) is 7.38. The van der Waals surface area contributed by atoms with Crippen LogP contribution in [0.1, 0.15) is 47.6 Å². The number of hydrogen-bond donors (Lipinski definition) is 0. The van der Waals surface area contributed by atoms with Crippen LogP contribution in [0.15, 0.2) is 30.3 Å². The van der Waals surface area contributed by atoms with Crippen LogP contribution in [0.5, 0.6) is 0 Å². The van der Waals surface area contributed by atoms with Crippen molar-refractivity contribution in [1.29, 1.82) is 0 Å². The maximum absolute atomic E-state index is 2.28. The van der Waals surface area contributed by atoms with E-state index in [0.717, 1.165) is 5.92 Å². The molecule has 1 aliphatic rings. The van der Waals surface area contributed by atoms with Crippen LogP contribution in [-0.2, 0) is 0 Å². The van der Waals surface area contributed by atoms with Gasteiger partial charge in [-0.1, -0.05) is 77.9 Å². The fourth-order valence-electron chi connectivity index (χ4n) is 0.701. The molecule has 0 heteroatoms. The largest absolute Gasteiger partial charge is 0.0776 e. The molecule has 0 heterocycles. The molecule has 1 fully saturated rings. The summed E-state index contributed by atoms with van der Waals surface area (Å²) in [5.41, 5.74) is 1.32. The van der Waals surface area contributed by atoms with Crippen LogP contribution in [-0.4, -0.2) is 0 Å². The molecule has 0 nitrogen and oxygen atoms in total. The molecule has 1 saturated carbocycles. The molecule has 0 amide bonds. The molecule has 1 aromatic carbocycles. The lowest BCUT2D eigenvalue weighted by Crippen LogP contribution is -1.62. The number of hydrogen-bond acceptors (Lipinski definition) is 0. The van der Waals surface area contributed by atoms with Gasteiger partial charge in [0.15, 0.2) is 0 Å². The van der Waals surface area contributed by atoms with Gasteiger partial charge in [0.2, 0.25) is 0 Å². The predicted molar refractivity (Wildman–Crippen MR) is 69.8 cm³/mol. The molecular weight excluding hydrogens is 168 g/mol. The highest BCUT2D eigenvalue weighted by Crippen LogP contribution is 2.26. The quantitative estimate of drug-likeness (QED) is 0.527. The van der Waals surface area contributed by atoms with Crippen LogP contribution in [0.3, 0.4) is 0 Å². The third kappa shape index (κ3) is 11.2. The van der Waals surface area contributed by atoms with E-state index in [-0.39, 0.29) is 22.3 Å². The summed E-state index contributed by atoms with van der Waals surface area (Å²) in [4.78, 5) is 0. The van der Waals surface area contributed by atoms with Crippen molar-refractivity contribution >= 4 is 0 Å². The predicted octanol–water partition coefficient (Wildman–Crippen LogP) is 5.32. The van der Waals surface area contributed by atoms with Gasteiger partial charge in [-0.2, -0.15) is 0 Å². The zero-order valence-electron chi connectivity index (χ0n) is 7.38. The van der Waals surface area contributed by atoms with Gasteiger partial charge in [0.05, 0.1) is 0 Å². The summed E-state index contributed by atoms with van der Waals surface area (Å²) >= 11 is 0. The summed E-state index contributed by atoms with van der Waals surface area (Å²) in [6, 6.07) is 10.3. The molecular formula is C14H28. The Kier molecular flexibility index (Phi) is 13.9. The van der Waals surface area contributed by atoms with E-state index < -0.39 is 0 Å². The third-order valence-corrected chi connectivity index (χ3v) is 1.81. The second kappa shape index (κ2) is 10.3. The van der Waals surface area contributed by atoms with Gasteiger partial charge in [-0.05, 0) is 12.8 Å². The minimum atomic E-state index is 0. The Morgan fingerprint density at radius 1 is 0.929 bits per heavy atom. The van der Waals surface area contributed by atoms with E-state index in [1.54, 1.807) is 0 Å². The van der Waals surface area contributed by atoms with Crippen LogP contribution in [0.2, 0.25) is 0 Å². The SMILES string of the molecule is C.C.C.CC1CC1.Cc1ccccc1. The topological polar surface area (TPSA) is 0 Å². The van der Waals surface area contributed by atoms with E-state index in [1.807, 2.05) is 18.2 Å². The van der Waals surface area contributed by atoms with Gasteiger partial charge in [-0.15, -0.1) is 0 Å². The first-order valence-corrected chi connectivity index (χ1v) is 4.30. The van der Waals surface area contributed by atoms with Gasteiger partial charge >= 0.3 is 0 Å². The normalized spacial score (nSPS) is 11.9. The molecule has 0 spiro atoms. The molecule has 0 radical (unpaired) electrons. The average Bonchev–Trinajstić information content (AvgIpc) is 2.75. The van der Waals surface area contributed by atoms with Gasteiger partial charge in [-0.25, -0.2) is 0 Å². The lowest BCUT2D eigenvalue weighted by molar-refractivity contribution is 0.983. The Morgan fingerprint density at radius 3 is 1.43 bits per heavy atom. The zero-order chi connectivity index (χ0) is 8.10. The van der Waals surface area contributed by atoms with E-state index >= 15 is 0 Å². The van der Waals surface area contributed by atoms with Gasteiger partial charge < -0.3 is 0 Å². The van der Waals surface area contributed by atoms with Crippen LogP contribution < -0.4 is 0 Å². The minimum absolute atomic E-state index is 0. The van der Waals surface area contributed by atoms with Gasteiger partial charge in [0, 0.05) is 0 Å². The van der Waals surface area contributed by atoms with Crippen molar-refractivity contribution < 1.29 is 0 Å². The molecule has 0 unspecified atom stereocenters. The fourth-order valence-corrected chi connectivity index (χ4v) is 0.701. The van der Waals surface area contributed by atoms with Crippen molar-refractivity contribution in [1.82, 2.24) is 0 Å². The molecule has 0 aliphatic heterocycles. The van der Waals surface area contributed by atoms with Crippen molar-refractivity contribution in [2.45, 2.75) is 49.0 Å². The number of rotatable bonds is 0. The van der Waals surface area contributed by atoms with Gasteiger partial charge in [0.1, 0.15) is 0 Å². The second-order valence-corrected chi connectivity index (χ2v) is 3.34. The molecule has 0 atom stereocenters. The first-order valence-electron chi connectivity index (χ1n) is 4.30. The molecule has 14 heavy (non-hydrogen) atoms. The van der Waals surface area contributed by atoms with E-state index in [2.05, 4.69) is 26.0 Å². The molecule has 0 bridgehead atoms. The fraction of sp³-hybridized carbons (Fsp3) is 0.571. The van der Waals surface area contributed by atoms with Crippen LogP contribution in [0.4, 0.5) is 0 Å². The van der Waals surface area contributed by atoms with Gasteiger partial charge in [-0.3, -0.25) is 0 Å². The number of benzene rings is 1. The summed E-state index contributed by atoms with van der Waals surface area (Å²) in [5, 5.41) is 0. The van der Waals surface area contributed by atoms with E-state index in [0.29, 0.717) is 0 Å². The molecule has 0 N–H and O–H groups in total. The lowest BCUT2D eigenvalue weighted by atomic mass is 10.2. The molecule has 84 valence electrons. The van der Waals surface area contributed by atoms with Crippen molar-refractivity contribution in [2.24, 2.45) is 5.92 Å². The smallest absolute Gasteiger partial charge is 0.0398 e. The molecule has 0 aromatic heterocycles. The van der Waals surface area contributed by atoms with E-state index in [4.69, 9.17) is 0 Å². The Hall–Kier alpha value is -0.780. The maximum Gasteiger partial charge on any atom is -0.0398 e. The summed E-state index contributed by atoms with van der Waals surface area (Å²) in [7, 11) is 0. The van der Waals surface area contributed by atoms with Crippen molar-refractivity contribution in [2.75, 3.05) is 0 Å². The minimum Gasteiger partial charge on any atom is -0.0776 e. The first kappa shape index (κ1) is 18.9. The Labute approximate surface area is 91.4 Å². The first-order chi connectivity index (χ1) is 5.29. The lowest BCUT2D eigenvalue weighted by Gasteiger charge is -1.82. The van der Waals surface area contributed by atoms with Crippen LogP contribution in [0, 0.1) is 12.8 Å². The standard InChI is InChI=1S/C7H8.C4H8.3CH4/c1-7-5-3-2-4-6-7;1-4-2-3-4;;;/h2-6H,1H3;4H,2-3H2,1H3;3*1H4. The Bertz CT molecular complexity index is 184. The summed E-state index contributed by atoms with van der Waals surface area (Å²) in [5.74, 6) is 1.08. The summed E-state index contributed by atoms with van der Waals surface area (Å²) < 4.78 is 0.